The van der Waals surface area contributed by atoms with Crippen LogP contribution in [0.25, 0.3) is 0 Å². The van der Waals surface area contributed by atoms with E-state index < -0.39 is 103 Å². The lowest BCUT2D eigenvalue weighted by Gasteiger charge is -2.26. The molecule has 0 spiro atoms. The molecule has 238 valence electrons. The zero-order valence-electron chi connectivity index (χ0n) is 23.5. The summed E-state index contributed by atoms with van der Waals surface area (Å²) in [5.74, 6) is -10.2. The van der Waals surface area contributed by atoms with E-state index in [2.05, 4.69) is 16.0 Å². The lowest BCUT2D eigenvalue weighted by molar-refractivity contribution is -0.144. The fraction of sp³-hybridized carbons (Fsp3) is 0.667. The number of primary amides is 1. The summed E-state index contributed by atoms with van der Waals surface area (Å²) in [5.41, 5.74) is 16.1. The molecule has 42 heavy (non-hydrogen) atoms. The molecule has 0 unspecified atom stereocenters. The predicted molar refractivity (Wildman–Crippen MR) is 144 cm³/mol. The number of carboxylic acid groups (broad SMARTS) is 3. The number of aliphatic carboxylic acids is 3. The van der Waals surface area contributed by atoms with Crippen LogP contribution in [0.5, 0.6) is 0 Å². The van der Waals surface area contributed by atoms with Crippen molar-refractivity contribution in [3.05, 3.63) is 0 Å². The van der Waals surface area contributed by atoms with E-state index in [1.165, 1.54) is 0 Å². The summed E-state index contributed by atoms with van der Waals surface area (Å²) in [5, 5.41) is 36.3. The van der Waals surface area contributed by atoms with Crippen molar-refractivity contribution < 1.29 is 53.7 Å². The van der Waals surface area contributed by atoms with E-state index in [1.807, 2.05) is 5.32 Å². The normalized spacial score (nSPS) is 15.0. The minimum atomic E-state index is -1.84. The van der Waals surface area contributed by atoms with Crippen LogP contribution >= 0.6 is 0 Å². The summed E-state index contributed by atoms with van der Waals surface area (Å²) in [6.45, 7) is 3.60. The highest BCUT2D eigenvalue weighted by molar-refractivity contribution is 5.98. The molecule has 0 aliphatic rings. The van der Waals surface area contributed by atoms with Gasteiger partial charge in [-0.3, -0.25) is 33.6 Å². The first-order valence-electron chi connectivity index (χ1n) is 13.2. The third-order valence-corrected chi connectivity index (χ3v) is 6.14. The Morgan fingerprint density at radius 2 is 1.17 bits per heavy atom. The molecule has 0 saturated heterocycles. The Balaban J connectivity index is 5.95. The fourth-order valence-electron chi connectivity index (χ4n) is 3.60. The van der Waals surface area contributed by atoms with Crippen LogP contribution in [-0.4, -0.2) is 99.5 Å². The summed E-state index contributed by atoms with van der Waals surface area (Å²) < 4.78 is 0. The third kappa shape index (κ3) is 14.4. The molecule has 6 atom stereocenters. The first kappa shape index (κ1) is 37.7. The molecule has 0 saturated carbocycles. The largest absolute Gasteiger partial charge is 0.481 e. The van der Waals surface area contributed by atoms with E-state index in [1.54, 1.807) is 13.8 Å². The van der Waals surface area contributed by atoms with E-state index >= 15 is 0 Å². The quantitative estimate of drug-likeness (QED) is 0.0566. The Kier molecular flexibility index (Phi) is 17.0. The van der Waals surface area contributed by atoms with Gasteiger partial charge in [0.25, 0.3) is 0 Å². The zero-order chi connectivity index (χ0) is 32.6. The molecule has 0 aliphatic heterocycles. The van der Waals surface area contributed by atoms with Crippen molar-refractivity contribution in [3.8, 4) is 0 Å². The topological polar surface area (TPSA) is 323 Å². The number of unbranched alkanes of at least 4 members (excludes halogenated alkanes) is 1. The lowest BCUT2D eigenvalue weighted by atomic mass is 9.98. The standard InChI is InChI=1S/C24H41N7O11/c1-3-11(2)19(24(41)42)31-21(38)13(6-4-5-7-25)28-22(39)14(9-16(27)32)30-23(40)15(10-18(35)36)29-20(37)12(26)8-17(33)34/h11-15,19H,3-10,25-26H2,1-2H3,(H2,27,32)(H,28,39)(H,29,37)(H,30,40)(H,31,38)(H,33,34)(H,35,36)(H,41,42)/t11-,12-,13-,14-,15-,19-/m0/s1. The molecular formula is C24H41N7O11. The van der Waals surface area contributed by atoms with Crippen LogP contribution in [0.4, 0.5) is 0 Å². The van der Waals surface area contributed by atoms with Crippen molar-refractivity contribution in [2.75, 3.05) is 6.54 Å². The second kappa shape index (κ2) is 18.9. The minimum absolute atomic E-state index is 0.0119. The first-order chi connectivity index (χ1) is 19.5. The summed E-state index contributed by atoms with van der Waals surface area (Å²) >= 11 is 0. The molecule has 0 aromatic rings. The molecule has 13 N–H and O–H groups in total. The SMILES string of the molecule is CC[C@H](C)[C@H](NC(=O)[C@H](CCCCN)NC(=O)[C@H](CC(N)=O)NC(=O)[C@H](CC(=O)O)NC(=O)[C@@H](N)CC(=O)O)C(=O)O. The Morgan fingerprint density at radius 1 is 0.690 bits per heavy atom. The monoisotopic (exact) mass is 603 g/mol. The molecule has 0 aromatic carbocycles. The van der Waals surface area contributed by atoms with Gasteiger partial charge in [-0.1, -0.05) is 20.3 Å². The van der Waals surface area contributed by atoms with Crippen molar-refractivity contribution in [1.29, 1.82) is 0 Å². The molecule has 0 radical (unpaired) electrons. The van der Waals surface area contributed by atoms with Crippen molar-refractivity contribution in [1.82, 2.24) is 21.3 Å². The molecule has 0 fully saturated rings. The van der Waals surface area contributed by atoms with Gasteiger partial charge in [0, 0.05) is 0 Å². The van der Waals surface area contributed by atoms with E-state index in [-0.39, 0.29) is 13.0 Å². The molecule has 0 heterocycles. The third-order valence-electron chi connectivity index (χ3n) is 6.14. The van der Waals surface area contributed by atoms with Gasteiger partial charge in [-0.25, -0.2) is 4.79 Å². The first-order valence-corrected chi connectivity index (χ1v) is 13.2. The van der Waals surface area contributed by atoms with E-state index in [0.717, 1.165) is 0 Å². The molecule has 0 aromatic heterocycles. The lowest BCUT2D eigenvalue weighted by Crippen LogP contribution is -2.59. The number of hydrogen-bond acceptors (Lipinski definition) is 10. The summed E-state index contributed by atoms with van der Waals surface area (Å²) in [4.78, 5) is 96.6. The van der Waals surface area contributed by atoms with Crippen molar-refractivity contribution in [2.24, 2.45) is 23.1 Å². The number of amides is 5. The maximum absolute atomic E-state index is 13.1. The van der Waals surface area contributed by atoms with Gasteiger partial charge >= 0.3 is 17.9 Å². The Morgan fingerprint density at radius 3 is 1.62 bits per heavy atom. The highest BCUT2D eigenvalue weighted by Gasteiger charge is 2.34. The molecule has 5 amide bonds. The van der Waals surface area contributed by atoms with Crippen molar-refractivity contribution >= 4 is 47.4 Å². The van der Waals surface area contributed by atoms with Crippen LogP contribution in [0, 0.1) is 5.92 Å². The molecular weight excluding hydrogens is 562 g/mol. The summed E-state index contributed by atoms with van der Waals surface area (Å²) in [7, 11) is 0. The number of carbonyl (C=O) groups excluding carboxylic acids is 5. The summed E-state index contributed by atoms with van der Waals surface area (Å²) in [6.07, 6.45) is -1.40. The van der Waals surface area contributed by atoms with Gasteiger partial charge in [0.1, 0.15) is 24.2 Å². The van der Waals surface area contributed by atoms with Crippen molar-refractivity contribution in [2.45, 2.75) is 89.0 Å². The van der Waals surface area contributed by atoms with E-state index in [4.69, 9.17) is 27.4 Å². The van der Waals surface area contributed by atoms with Crippen LogP contribution < -0.4 is 38.5 Å². The molecule has 0 rings (SSSR count). The van der Waals surface area contributed by atoms with Gasteiger partial charge in [-0.15, -0.1) is 0 Å². The van der Waals surface area contributed by atoms with Gasteiger partial charge in [-0.05, 0) is 31.7 Å². The van der Waals surface area contributed by atoms with Gasteiger partial charge < -0.3 is 53.8 Å². The average molecular weight is 604 g/mol. The number of carboxylic acids is 3. The second-order valence-corrected chi connectivity index (χ2v) is 9.65. The van der Waals surface area contributed by atoms with Crippen LogP contribution in [0.3, 0.4) is 0 Å². The maximum Gasteiger partial charge on any atom is 0.326 e. The smallest absolute Gasteiger partial charge is 0.326 e. The Labute approximate surface area is 241 Å². The maximum atomic E-state index is 13.1. The fourth-order valence-corrected chi connectivity index (χ4v) is 3.60. The van der Waals surface area contributed by atoms with E-state index in [0.29, 0.717) is 19.3 Å². The summed E-state index contributed by atoms with van der Waals surface area (Å²) in [6, 6.07) is -7.80. The molecule has 18 nitrogen and oxygen atoms in total. The van der Waals surface area contributed by atoms with E-state index in [9.17, 15) is 43.5 Å². The molecule has 0 aliphatic carbocycles. The van der Waals surface area contributed by atoms with Gasteiger partial charge in [0.15, 0.2) is 0 Å². The number of nitrogens with one attached hydrogen (secondary N) is 4. The van der Waals surface area contributed by atoms with Crippen LogP contribution in [-0.2, 0) is 38.4 Å². The predicted octanol–water partition coefficient (Wildman–Crippen LogP) is -3.66. The van der Waals surface area contributed by atoms with Gasteiger partial charge in [0.2, 0.25) is 29.5 Å². The van der Waals surface area contributed by atoms with Crippen LogP contribution in [0.15, 0.2) is 0 Å². The minimum Gasteiger partial charge on any atom is -0.481 e. The van der Waals surface area contributed by atoms with Gasteiger partial charge in [-0.2, -0.15) is 0 Å². The Hall–Kier alpha value is -4.32. The number of rotatable bonds is 21. The number of hydrogen-bond donors (Lipinski definition) is 10. The Bertz CT molecular complexity index is 1010. The van der Waals surface area contributed by atoms with Gasteiger partial charge in [0.05, 0.1) is 25.3 Å². The highest BCUT2D eigenvalue weighted by atomic mass is 16.4. The average Bonchev–Trinajstić information content (AvgIpc) is 2.88. The number of carbonyl (C=O) groups is 8. The second-order valence-electron chi connectivity index (χ2n) is 9.65. The highest BCUT2D eigenvalue weighted by Crippen LogP contribution is 2.10. The van der Waals surface area contributed by atoms with Crippen LogP contribution in [0.2, 0.25) is 0 Å². The zero-order valence-corrected chi connectivity index (χ0v) is 23.5. The number of nitrogens with two attached hydrogens (primary N) is 3. The molecule has 0 bridgehead atoms. The molecule has 18 heteroatoms. The van der Waals surface area contributed by atoms with Crippen molar-refractivity contribution in [3.63, 3.8) is 0 Å². The van der Waals surface area contributed by atoms with Crippen LogP contribution in [0.1, 0.15) is 58.8 Å².